The van der Waals surface area contributed by atoms with Crippen molar-refractivity contribution >= 4 is 0 Å². The maximum absolute atomic E-state index is 9.84. The van der Waals surface area contributed by atoms with Gasteiger partial charge < -0.3 is 19.6 Å². The topological polar surface area (TPSA) is 54.6 Å². The molecule has 1 heterocycles. The quantitative estimate of drug-likeness (QED) is 0.815. The van der Waals surface area contributed by atoms with Crippen LogP contribution in [-0.2, 0) is 6.54 Å². The monoisotopic (exact) mass is 275 g/mol. The summed E-state index contributed by atoms with van der Waals surface area (Å²) in [5, 5.41) is 13.0. The van der Waals surface area contributed by atoms with Crippen LogP contribution in [0, 0.1) is 13.8 Å². The molecule has 1 aromatic carbocycles. The SMILES string of the molecule is Cc1ccc(OC[C@@H](O)CNCc2ccco2)cc1C. The summed E-state index contributed by atoms with van der Waals surface area (Å²) in [4.78, 5) is 0. The van der Waals surface area contributed by atoms with Gasteiger partial charge in [-0.15, -0.1) is 0 Å². The number of aliphatic hydroxyl groups is 1. The molecule has 1 atom stereocenters. The molecule has 0 aliphatic rings. The van der Waals surface area contributed by atoms with Gasteiger partial charge in [0, 0.05) is 6.54 Å². The van der Waals surface area contributed by atoms with Crippen molar-refractivity contribution in [3.8, 4) is 5.75 Å². The second-order valence-corrected chi connectivity index (χ2v) is 4.92. The molecule has 2 aromatic rings. The molecule has 0 spiro atoms. The fraction of sp³-hybridized carbons (Fsp3) is 0.375. The maximum atomic E-state index is 9.84. The van der Waals surface area contributed by atoms with Gasteiger partial charge in [0.25, 0.3) is 0 Å². The van der Waals surface area contributed by atoms with Crippen LogP contribution in [0.1, 0.15) is 16.9 Å². The van der Waals surface area contributed by atoms with Crippen LogP contribution in [0.15, 0.2) is 41.0 Å². The number of rotatable bonds is 7. The molecule has 2 N–H and O–H groups in total. The van der Waals surface area contributed by atoms with Gasteiger partial charge in [-0.3, -0.25) is 0 Å². The van der Waals surface area contributed by atoms with E-state index < -0.39 is 6.10 Å². The van der Waals surface area contributed by atoms with Crippen molar-refractivity contribution in [3.63, 3.8) is 0 Å². The number of hydrogen-bond acceptors (Lipinski definition) is 4. The number of furan rings is 1. The van der Waals surface area contributed by atoms with Crippen molar-refractivity contribution in [2.24, 2.45) is 0 Å². The van der Waals surface area contributed by atoms with Gasteiger partial charge in [0.1, 0.15) is 24.2 Å². The molecule has 4 heteroatoms. The lowest BCUT2D eigenvalue weighted by Gasteiger charge is -2.13. The van der Waals surface area contributed by atoms with Crippen molar-refractivity contribution in [1.82, 2.24) is 5.32 Å². The molecule has 20 heavy (non-hydrogen) atoms. The Hall–Kier alpha value is -1.78. The number of benzene rings is 1. The lowest BCUT2D eigenvalue weighted by Crippen LogP contribution is -2.31. The second-order valence-electron chi connectivity index (χ2n) is 4.92. The molecule has 0 saturated heterocycles. The zero-order valence-corrected chi connectivity index (χ0v) is 11.9. The fourth-order valence-corrected chi connectivity index (χ4v) is 1.83. The molecular formula is C16H21NO3. The third kappa shape index (κ3) is 4.40. The minimum Gasteiger partial charge on any atom is -0.491 e. The highest BCUT2D eigenvalue weighted by atomic mass is 16.5. The molecule has 2 rings (SSSR count). The van der Waals surface area contributed by atoms with Gasteiger partial charge in [-0.25, -0.2) is 0 Å². The van der Waals surface area contributed by atoms with E-state index in [4.69, 9.17) is 9.15 Å². The Morgan fingerprint density at radius 2 is 2.10 bits per heavy atom. The molecular weight excluding hydrogens is 254 g/mol. The van der Waals surface area contributed by atoms with Crippen molar-refractivity contribution in [1.29, 1.82) is 0 Å². The van der Waals surface area contributed by atoms with Crippen LogP contribution in [0.4, 0.5) is 0 Å². The Bertz CT molecular complexity index is 523. The van der Waals surface area contributed by atoms with E-state index in [9.17, 15) is 5.11 Å². The number of ether oxygens (including phenoxy) is 1. The van der Waals surface area contributed by atoms with E-state index in [1.165, 1.54) is 11.1 Å². The van der Waals surface area contributed by atoms with E-state index in [1.54, 1.807) is 6.26 Å². The predicted octanol–water partition coefficient (Wildman–Crippen LogP) is 2.43. The summed E-state index contributed by atoms with van der Waals surface area (Å²) in [6.07, 6.45) is 1.09. The van der Waals surface area contributed by atoms with Gasteiger partial charge >= 0.3 is 0 Å². The molecule has 0 amide bonds. The summed E-state index contributed by atoms with van der Waals surface area (Å²) in [6, 6.07) is 9.66. The highest BCUT2D eigenvalue weighted by Gasteiger charge is 2.06. The van der Waals surface area contributed by atoms with Crippen LogP contribution >= 0.6 is 0 Å². The summed E-state index contributed by atoms with van der Waals surface area (Å²) in [5.74, 6) is 1.64. The lowest BCUT2D eigenvalue weighted by molar-refractivity contribution is 0.105. The second kappa shape index (κ2) is 7.12. The molecule has 0 radical (unpaired) electrons. The van der Waals surface area contributed by atoms with E-state index in [-0.39, 0.29) is 6.61 Å². The average molecular weight is 275 g/mol. The predicted molar refractivity (Wildman–Crippen MR) is 77.8 cm³/mol. The Balaban J connectivity index is 1.69. The standard InChI is InChI=1S/C16H21NO3/c1-12-5-6-15(8-13(12)2)20-11-14(18)9-17-10-16-4-3-7-19-16/h3-8,14,17-18H,9-11H2,1-2H3/t14-/m0/s1. The average Bonchev–Trinajstić information content (AvgIpc) is 2.93. The Morgan fingerprint density at radius 1 is 1.25 bits per heavy atom. The minimum absolute atomic E-state index is 0.271. The number of aryl methyl sites for hydroxylation is 2. The maximum Gasteiger partial charge on any atom is 0.119 e. The summed E-state index contributed by atoms with van der Waals surface area (Å²) in [6.45, 7) is 5.45. The molecule has 4 nitrogen and oxygen atoms in total. The minimum atomic E-state index is -0.549. The molecule has 108 valence electrons. The molecule has 0 fully saturated rings. The molecule has 0 aliphatic carbocycles. The van der Waals surface area contributed by atoms with E-state index in [2.05, 4.69) is 12.2 Å². The van der Waals surface area contributed by atoms with Crippen molar-refractivity contribution in [2.45, 2.75) is 26.5 Å². The fourth-order valence-electron chi connectivity index (χ4n) is 1.83. The first kappa shape index (κ1) is 14.6. The van der Waals surface area contributed by atoms with Crippen LogP contribution in [0.25, 0.3) is 0 Å². The van der Waals surface area contributed by atoms with Gasteiger partial charge in [-0.2, -0.15) is 0 Å². The molecule has 0 aliphatic heterocycles. The van der Waals surface area contributed by atoms with E-state index in [1.807, 2.05) is 37.3 Å². The largest absolute Gasteiger partial charge is 0.491 e. The van der Waals surface area contributed by atoms with Crippen LogP contribution in [0.5, 0.6) is 5.75 Å². The molecule has 0 bridgehead atoms. The van der Waals surface area contributed by atoms with E-state index in [0.29, 0.717) is 13.1 Å². The summed E-state index contributed by atoms with van der Waals surface area (Å²) in [7, 11) is 0. The Morgan fingerprint density at radius 3 is 2.80 bits per heavy atom. The van der Waals surface area contributed by atoms with Gasteiger partial charge in [0.05, 0.1) is 12.8 Å². The molecule has 0 saturated carbocycles. The van der Waals surface area contributed by atoms with Crippen LogP contribution < -0.4 is 10.1 Å². The summed E-state index contributed by atoms with van der Waals surface area (Å²) >= 11 is 0. The Labute approximate surface area is 119 Å². The highest BCUT2D eigenvalue weighted by molar-refractivity contribution is 5.33. The molecule has 0 unspecified atom stereocenters. The first-order valence-electron chi connectivity index (χ1n) is 6.76. The van der Waals surface area contributed by atoms with Crippen LogP contribution in [-0.4, -0.2) is 24.4 Å². The van der Waals surface area contributed by atoms with Gasteiger partial charge in [-0.1, -0.05) is 6.07 Å². The lowest BCUT2D eigenvalue weighted by atomic mass is 10.1. The number of nitrogens with one attached hydrogen (secondary N) is 1. The third-order valence-corrected chi connectivity index (χ3v) is 3.18. The summed E-state index contributed by atoms with van der Waals surface area (Å²) in [5.41, 5.74) is 2.42. The molecule has 1 aromatic heterocycles. The Kier molecular flexibility index (Phi) is 5.21. The van der Waals surface area contributed by atoms with E-state index in [0.717, 1.165) is 11.5 Å². The number of aliphatic hydroxyl groups excluding tert-OH is 1. The number of hydrogen-bond donors (Lipinski definition) is 2. The summed E-state index contributed by atoms with van der Waals surface area (Å²) < 4.78 is 10.8. The third-order valence-electron chi connectivity index (χ3n) is 3.18. The van der Waals surface area contributed by atoms with E-state index >= 15 is 0 Å². The smallest absolute Gasteiger partial charge is 0.119 e. The first-order valence-corrected chi connectivity index (χ1v) is 6.76. The van der Waals surface area contributed by atoms with Gasteiger partial charge in [0.2, 0.25) is 0 Å². The van der Waals surface area contributed by atoms with Crippen molar-refractivity contribution in [2.75, 3.05) is 13.2 Å². The van der Waals surface area contributed by atoms with Gasteiger partial charge in [0.15, 0.2) is 0 Å². The highest BCUT2D eigenvalue weighted by Crippen LogP contribution is 2.16. The normalized spacial score (nSPS) is 12.3. The van der Waals surface area contributed by atoms with Gasteiger partial charge in [-0.05, 0) is 49.2 Å². The zero-order chi connectivity index (χ0) is 14.4. The first-order chi connectivity index (χ1) is 9.65. The van der Waals surface area contributed by atoms with Crippen LogP contribution in [0.3, 0.4) is 0 Å². The van der Waals surface area contributed by atoms with Crippen LogP contribution in [0.2, 0.25) is 0 Å². The zero-order valence-electron chi connectivity index (χ0n) is 11.9. The van der Waals surface area contributed by atoms with Crippen molar-refractivity contribution < 1.29 is 14.3 Å². The van der Waals surface area contributed by atoms with Crippen molar-refractivity contribution in [3.05, 3.63) is 53.5 Å².